The molecule has 1 aromatic rings. The second-order valence-electron chi connectivity index (χ2n) is 25.8. The van der Waals surface area contributed by atoms with E-state index < -0.39 is 156 Å². The quantitative estimate of drug-likeness (QED) is 0.158. The maximum absolute atomic E-state index is 15.6. The Hall–Kier alpha value is -6.89. The van der Waals surface area contributed by atoms with Crippen molar-refractivity contribution in [2.24, 2.45) is 29.6 Å². The molecule has 1 saturated heterocycles. The Labute approximate surface area is 529 Å². The lowest BCUT2D eigenvalue weighted by Gasteiger charge is -2.41. The highest BCUT2D eigenvalue weighted by Gasteiger charge is 2.47. The summed E-state index contributed by atoms with van der Waals surface area (Å²) in [6, 6.07) is -6.08. The molecule has 0 aliphatic carbocycles. The van der Waals surface area contributed by atoms with Crippen molar-refractivity contribution >= 4 is 65.1 Å². The summed E-state index contributed by atoms with van der Waals surface area (Å²) in [6.45, 7) is 23.3. The second-order valence-corrected chi connectivity index (χ2v) is 25.8. The van der Waals surface area contributed by atoms with Crippen LogP contribution < -0.4 is 15.4 Å². The van der Waals surface area contributed by atoms with Crippen LogP contribution in [0.15, 0.2) is 24.3 Å². The van der Waals surface area contributed by atoms with Gasteiger partial charge in [0, 0.05) is 62.9 Å². The molecule has 25 heteroatoms. The largest absolute Gasteiger partial charge is 0.497 e. The van der Waals surface area contributed by atoms with Gasteiger partial charge in [0.25, 0.3) is 5.91 Å². The normalized spacial score (nSPS) is 23.5. The lowest BCUT2D eigenvalue weighted by Crippen LogP contribution is -2.64. The number of cyclic esters (lactones) is 1. The minimum atomic E-state index is -1.77. The molecule has 2 rings (SSSR count). The molecule has 1 aromatic carbocycles. The van der Waals surface area contributed by atoms with Gasteiger partial charge in [-0.15, -0.1) is 0 Å². The first-order chi connectivity index (χ1) is 41.2. The van der Waals surface area contributed by atoms with Gasteiger partial charge in [-0.3, -0.25) is 52.8 Å². The van der Waals surface area contributed by atoms with E-state index in [1.54, 1.807) is 64.0 Å². The smallest absolute Gasteiger partial charge is 0.328 e. The predicted molar refractivity (Wildman–Crippen MR) is 336 cm³/mol. The molecule has 2 N–H and O–H groups in total. The Morgan fingerprint density at radius 2 is 1.20 bits per heavy atom. The van der Waals surface area contributed by atoms with Crippen molar-refractivity contribution in [2.75, 3.05) is 84.3 Å². The first-order valence-corrected chi connectivity index (χ1v) is 30.9. The summed E-state index contributed by atoms with van der Waals surface area (Å²) in [5.74, 6) is -9.34. The molecule has 13 atom stereocenters. The molecule has 0 radical (unpaired) electrons. The molecule has 89 heavy (non-hydrogen) atoms. The van der Waals surface area contributed by atoms with Crippen LogP contribution in [0.2, 0.25) is 0 Å². The molecule has 25 nitrogen and oxygen atoms in total. The number of amides is 9. The SMILES string of the molecule is CC[C@H](C)[C@H]1C(=O)N[C@@H](C)C(=O)N(C)[C@@H](CC(C)C)C(=O)N[C@@H](Cc2ccc(OC)cc2)C(=O)N(C)[C@H](C)C(=O)O[C@H](C)[C@H](N(C)C(=O)[C@H](CC(C)C)N(C)C(=O)[C@H](C)N(C)C(=O)[C@H](OC(=O)[C@H](C(C)C)N(C)C)C(C)C)C(=O)N(C)[C@@H](COC)C(=O)N1C. The Morgan fingerprint density at radius 3 is 1.69 bits per heavy atom. The van der Waals surface area contributed by atoms with Crippen molar-refractivity contribution in [1.82, 2.24) is 49.8 Å². The molecule has 1 heterocycles. The van der Waals surface area contributed by atoms with Crippen molar-refractivity contribution in [1.29, 1.82) is 0 Å². The molecule has 9 amide bonds. The van der Waals surface area contributed by atoms with Crippen LogP contribution in [0.4, 0.5) is 0 Å². The number of carbonyl (C=O) groups is 11. The van der Waals surface area contributed by atoms with Crippen LogP contribution in [0.5, 0.6) is 5.75 Å². The molecule has 0 spiro atoms. The maximum atomic E-state index is 15.6. The van der Waals surface area contributed by atoms with Crippen molar-refractivity contribution in [3.8, 4) is 5.75 Å². The molecule has 1 fully saturated rings. The third kappa shape index (κ3) is 20.3. The number of hydrogen-bond acceptors (Lipinski definition) is 16. The molecule has 0 saturated carbocycles. The summed E-state index contributed by atoms with van der Waals surface area (Å²) in [5.41, 5.74) is 0.602. The van der Waals surface area contributed by atoms with Crippen LogP contribution in [0.3, 0.4) is 0 Å². The Bertz CT molecular complexity index is 2590. The van der Waals surface area contributed by atoms with Crippen LogP contribution in [-0.2, 0) is 73.4 Å². The number of methoxy groups -OCH3 is 2. The molecule has 0 bridgehead atoms. The Morgan fingerprint density at radius 1 is 0.640 bits per heavy atom. The van der Waals surface area contributed by atoms with Gasteiger partial charge in [-0.05, 0) is 102 Å². The molecule has 0 aromatic heterocycles. The summed E-state index contributed by atoms with van der Waals surface area (Å²) < 4.78 is 22.9. The molecular weight excluding hydrogens is 1150 g/mol. The number of ether oxygens (including phenoxy) is 4. The third-order valence-electron chi connectivity index (χ3n) is 17.0. The Balaban J connectivity index is 2.98. The van der Waals surface area contributed by atoms with Crippen LogP contribution >= 0.6 is 0 Å². The monoisotopic (exact) mass is 1260 g/mol. The van der Waals surface area contributed by atoms with Crippen LogP contribution in [0.1, 0.15) is 122 Å². The van der Waals surface area contributed by atoms with E-state index in [-0.39, 0.29) is 37.0 Å². The Kier molecular flexibility index (Phi) is 30.7. The van der Waals surface area contributed by atoms with Gasteiger partial charge in [-0.2, -0.15) is 0 Å². The van der Waals surface area contributed by atoms with Gasteiger partial charge in [0.15, 0.2) is 6.10 Å². The van der Waals surface area contributed by atoms with Gasteiger partial charge in [-0.25, -0.2) is 4.79 Å². The lowest BCUT2D eigenvalue weighted by atomic mass is 9.95. The highest BCUT2D eigenvalue weighted by atomic mass is 16.6. The van der Waals surface area contributed by atoms with Gasteiger partial charge in [-0.1, -0.05) is 87.8 Å². The number of carbonyl (C=O) groups excluding carboxylic acids is 11. The van der Waals surface area contributed by atoms with Crippen molar-refractivity contribution in [2.45, 2.75) is 195 Å². The molecule has 0 unspecified atom stereocenters. The minimum Gasteiger partial charge on any atom is -0.497 e. The third-order valence-corrected chi connectivity index (χ3v) is 17.0. The van der Waals surface area contributed by atoms with Crippen molar-refractivity contribution in [3.63, 3.8) is 0 Å². The van der Waals surface area contributed by atoms with E-state index in [0.717, 1.165) is 19.6 Å². The topological polar surface area (TPSA) is 275 Å². The first kappa shape index (κ1) is 78.2. The fourth-order valence-electron chi connectivity index (χ4n) is 11.1. The van der Waals surface area contributed by atoms with E-state index in [1.807, 2.05) is 48.5 Å². The highest BCUT2D eigenvalue weighted by Crippen LogP contribution is 2.25. The summed E-state index contributed by atoms with van der Waals surface area (Å²) in [5, 5.41) is 5.63. The zero-order chi connectivity index (χ0) is 68.5. The number of nitrogens with zero attached hydrogens (tertiary/aromatic N) is 8. The van der Waals surface area contributed by atoms with Crippen molar-refractivity contribution < 1.29 is 71.7 Å². The van der Waals surface area contributed by atoms with E-state index in [9.17, 15) is 38.4 Å². The van der Waals surface area contributed by atoms with Gasteiger partial charge in [0.1, 0.15) is 72.3 Å². The van der Waals surface area contributed by atoms with E-state index in [2.05, 4.69) is 10.6 Å². The van der Waals surface area contributed by atoms with E-state index in [1.165, 1.54) is 106 Å². The standard InChI is InChI=1S/C64H108N10O15/c1-26-39(10)51-55(76)65-40(11)56(77)70(19)47(31-35(2)3)54(75)66-46(33-44-27-29-45(87-25)30-28-44)58(79)69(18)42(13)63(84)88-43(14)52(61(82)72(21)49(34-86-24)60(81)73(51)22)74(23)59(80)48(32-36(4)5)71(20)57(78)41(12)68(17)62(83)53(38(8)9)89-64(85)50(37(6)7)67(15)16/h27-30,35-43,46-53H,26,31-34H2,1-25H3,(H,65,76)(H,66,75)/t39-,40-,41-,42+,43+,46-,47-,48-,49-,50-,51-,52-,53+/m0/s1. The molecular formula is C64H108N10O15. The number of rotatable bonds is 22. The van der Waals surface area contributed by atoms with Gasteiger partial charge in [0.05, 0.1) is 13.7 Å². The number of nitrogens with one attached hydrogen (secondary N) is 2. The number of esters is 2. The fourth-order valence-corrected chi connectivity index (χ4v) is 11.1. The summed E-state index contributed by atoms with van der Waals surface area (Å²) in [7, 11) is 15.8. The average molecular weight is 1260 g/mol. The van der Waals surface area contributed by atoms with Crippen LogP contribution in [0.25, 0.3) is 0 Å². The van der Waals surface area contributed by atoms with Gasteiger partial charge in [0.2, 0.25) is 47.3 Å². The summed E-state index contributed by atoms with van der Waals surface area (Å²) >= 11 is 0. The number of likely N-dealkylation sites (N-methyl/N-ethyl adjacent to an activating group) is 8. The second kappa shape index (κ2) is 34.9. The highest BCUT2D eigenvalue weighted by molar-refractivity contribution is 5.99. The number of hydrogen-bond donors (Lipinski definition) is 2. The zero-order valence-electron chi connectivity index (χ0n) is 57.9. The summed E-state index contributed by atoms with van der Waals surface area (Å²) in [6.07, 6.45) is -2.36. The predicted octanol–water partition coefficient (Wildman–Crippen LogP) is 2.94. The maximum Gasteiger partial charge on any atom is 0.328 e. The lowest BCUT2D eigenvalue weighted by molar-refractivity contribution is -0.170. The molecule has 1 aliphatic rings. The number of benzene rings is 1. The first-order valence-electron chi connectivity index (χ1n) is 30.9. The van der Waals surface area contributed by atoms with Gasteiger partial charge < -0.3 is 63.9 Å². The average Bonchev–Trinajstić information content (AvgIpc) is 2.17. The zero-order valence-corrected chi connectivity index (χ0v) is 57.9. The minimum absolute atomic E-state index is 0.0274. The van der Waals surface area contributed by atoms with Crippen molar-refractivity contribution in [3.05, 3.63) is 29.8 Å². The summed E-state index contributed by atoms with van der Waals surface area (Å²) in [4.78, 5) is 171. The van der Waals surface area contributed by atoms with Gasteiger partial charge >= 0.3 is 11.9 Å². The van der Waals surface area contributed by atoms with Crippen LogP contribution in [-0.4, -0.2) is 261 Å². The molecule has 1 aliphatic heterocycles. The van der Waals surface area contributed by atoms with E-state index >= 15 is 14.4 Å². The fraction of sp³-hybridized carbons (Fsp3) is 0.734. The van der Waals surface area contributed by atoms with Crippen LogP contribution in [0, 0.1) is 29.6 Å². The van der Waals surface area contributed by atoms with E-state index in [4.69, 9.17) is 18.9 Å². The molecule has 504 valence electrons. The van der Waals surface area contributed by atoms with E-state index in [0.29, 0.717) is 17.7 Å².